The summed E-state index contributed by atoms with van der Waals surface area (Å²) in [5, 5.41) is 2.43. The minimum Gasteiger partial charge on any atom is -0.370 e. The zero-order valence-electron chi connectivity index (χ0n) is 15.1. The smallest absolute Gasteiger partial charge is 0.256 e. The van der Waals surface area contributed by atoms with Gasteiger partial charge in [-0.3, -0.25) is 9.59 Å². The first-order valence-corrected chi connectivity index (χ1v) is 9.34. The first kappa shape index (κ1) is 20.1. The molecule has 0 saturated carbocycles. The zero-order valence-corrected chi connectivity index (χ0v) is 15.9. The van der Waals surface area contributed by atoms with E-state index in [2.05, 4.69) is 10.2 Å². The van der Waals surface area contributed by atoms with Crippen molar-refractivity contribution in [2.24, 2.45) is 0 Å². The molecule has 0 atom stereocenters. The number of carbonyl (C=O) groups excluding carboxylic acids is 2. The van der Waals surface area contributed by atoms with Crippen molar-refractivity contribution in [2.45, 2.75) is 6.42 Å². The van der Waals surface area contributed by atoms with Gasteiger partial charge in [0.2, 0.25) is 5.91 Å². The summed E-state index contributed by atoms with van der Waals surface area (Å²) >= 11 is 5.87. The molecule has 1 aliphatic rings. The lowest BCUT2D eigenvalue weighted by Crippen LogP contribution is -2.42. The average molecular weight is 408 g/mol. The van der Waals surface area contributed by atoms with Crippen LogP contribution in [0.1, 0.15) is 16.8 Å². The second-order valence-electron chi connectivity index (χ2n) is 6.48. The number of halogens is 3. The monoisotopic (exact) mass is 407 g/mol. The average Bonchev–Trinajstić information content (AvgIpc) is 2.93. The van der Waals surface area contributed by atoms with E-state index >= 15 is 0 Å². The van der Waals surface area contributed by atoms with E-state index < -0.39 is 11.7 Å². The van der Waals surface area contributed by atoms with Crippen LogP contribution in [0.25, 0.3) is 0 Å². The van der Waals surface area contributed by atoms with Gasteiger partial charge in [0.25, 0.3) is 5.91 Å². The molecule has 0 unspecified atom stereocenters. The van der Waals surface area contributed by atoms with Gasteiger partial charge in [-0.15, -0.1) is 0 Å². The number of rotatable bonds is 4. The lowest BCUT2D eigenvalue weighted by Gasteiger charge is -2.24. The van der Waals surface area contributed by atoms with Crippen LogP contribution >= 0.6 is 11.6 Å². The van der Waals surface area contributed by atoms with Crippen LogP contribution in [0, 0.1) is 11.6 Å². The fraction of sp³-hybridized carbons (Fsp3) is 0.300. The molecule has 28 heavy (non-hydrogen) atoms. The lowest BCUT2D eigenvalue weighted by molar-refractivity contribution is -0.129. The van der Waals surface area contributed by atoms with E-state index in [9.17, 15) is 18.4 Å². The summed E-state index contributed by atoms with van der Waals surface area (Å²) in [7, 11) is 0. The van der Waals surface area contributed by atoms with E-state index in [1.807, 2.05) is 0 Å². The Morgan fingerprint density at radius 2 is 1.75 bits per heavy atom. The molecule has 0 aromatic heterocycles. The molecule has 1 saturated heterocycles. The predicted octanol–water partition coefficient (Wildman–Crippen LogP) is 3.09. The topological polar surface area (TPSA) is 52.7 Å². The van der Waals surface area contributed by atoms with Gasteiger partial charge in [0.15, 0.2) is 0 Å². The van der Waals surface area contributed by atoms with Crippen LogP contribution in [0.2, 0.25) is 5.02 Å². The van der Waals surface area contributed by atoms with Gasteiger partial charge in [0, 0.05) is 31.9 Å². The van der Waals surface area contributed by atoms with Crippen LogP contribution in [-0.4, -0.2) is 49.4 Å². The van der Waals surface area contributed by atoms with Crippen molar-refractivity contribution in [3.8, 4) is 0 Å². The summed E-state index contributed by atoms with van der Waals surface area (Å²) < 4.78 is 26.9. The first-order chi connectivity index (χ1) is 13.5. The van der Waals surface area contributed by atoms with Crippen LogP contribution in [0.15, 0.2) is 42.5 Å². The summed E-state index contributed by atoms with van der Waals surface area (Å²) in [6.07, 6.45) is 0.746. The fourth-order valence-corrected chi connectivity index (χ4v) is 3.40. The summed E-state index contributed by atoms with van der Waals surface area (Å²) in [4.78, 5) is 28.4. The van der Waals surface area contributed by atoms with Crippen molar-refractivity contribution in [1.29, 1.82) is 0 Å². The molecule has 1 fully saturated rings. The largest absolute Gasteiger partial charge is 0.370 e. The molecule has 0 radical (unpaired) electrons. The third kappa shape index (κ3) is 4.78. The minimum atomic E-state index is -0.734. The highest BCUT2D eigenvalue weighted by molar-refractivity contribution is 6.33. The van der Waals surface area contributed by atoms with Gasteiger partial charge in [-0.1, -0.05) is 17.7 Å². The van der Waals surface area contributed by atoms with Crippen molar-refractivity contribution >= 4 is 29.1 Å². The van der Waals surface area contributed by atoms with Crippen LogP contribution in [-0.2, 0) is 4.79 Å². The maximum absolute atomic E-state index is 13.8. The van der Waals surface area contributed by atoms with Crippen molar-refractivity contribution in [1.82, 2.24) is 10.2 Å². The van der Waals surface area contributed by atoms with Gasteiger partial charge in [-0.25, -0.2) is 8.78 Å². The summed E-state index contributed by atoms with van der Waals surface area (Å²) in [6.45, 7) is 2.14. The molecule has 1 N–H and O–H groups in total. The van der Waals surface area contributed by atoms with E-state index in [1.54, 1.807) is 17.0 Å². The van der Waals surface area contributed by atoms with E-state index in [0.29, 0.717) is 19.6 Å². The van der Waals surface area contributed by atoms with Gasteiger partial charge in [0.1, 0.15) is 11.6 Å². The van der Waals surface area contributed by atoms with Gasteiger partial charge >= 0.3 is 0 Å². The Kier molecular flexibility index (Phi) is 6.46. The highest BCUT2D eigenvalue weighted by Crippen LogP contribution is 2.19. The van der Waals surface area contributed by atoms with Crippen molar-refractivity contribution in [2.75, 3.05) is 37.6 Å². The highest BCUT2D eigenvalue weighted by Gasteiger charge is 2.21. The number of carbonyl (C=O) groups is 2. The number of benzene rings is 2. The van der Waals surface area contributed by atoms with Crippen LogP contribution in [0.3, 0.4) is 0 Å². The predicted molar refractivity (Wildman–Crippen MR) is 104 cm³/mol. The number of nitrogens with one attached hydrogen (secondary N) is 1. The van der Waals surface area contributed by atoms with E-state index in [1.165, 1.54) is 24.3 Å². The molecular weight excluding hydrogens is 388 g/mol. The molecule has 2 amide bonds. The number of hydrogen-bond donors (Lipinski definition) is 1. The highest BCUT2D eigenvalue weighted by atomic mass is 35.5. The molecule has 2 aromatic carbocycles. The Morgan fingerprint density at radius 1 is 1.00 bits per heavy atom. The molecule has 0 aliphatic carbocycles. The summed E-state index contributed by atoms with van der Waals surface area (Å²) in [5.41, 5.74) is 0.633. The molecule has 148 valence electrons. The Hall–Kier alpha value is -2.67. The molecule has 0 bridgehead atoms. The molecule has 0 spiro atoms. The fourth-order valence-electron chi connectivity index (χ4n) is 3.15. The minimum absolute atomic E-state index is 0.00494. The molecule has 5 nitrogen and oxygen atoms in total. The molecule has 1 heterocycles. The maximum Gasteiger partial charge on any atom is 0.256 e. The normalized spacial score (nSPS) is 14.5. The van der Waals surface area contributed by atoms with Gasteiger partial charge in [0.05, 0.1) is 17.1 Å². The van der Waals surface area contributed by atoms with Crippen molar-refractivity contribution in [3.05, 3.63) is 64.7 Å². The Labute approximate surface area is 166 Å². The lowest BCUT2D eigenvalue weighted by atomic mass is 10.2. The van der Waals surface area contributed by atoms with Crippen LogP contribution in [0.4, 0.5) is 14.5 Å². The van der Waals surface area contributed by atoms with Gasteiger partial charge in [-0.05, 0) is 42.8 Å². The Balaban J connectivity index is 1.55. The second-order valence-corrected chi connectivity index (χ2v) is 6.88. The van der Waals surface area contributed by atoms with E-state index in [-0.39, 0.29) is 28.9 Å². The first-order valence-electron chi connectivity index (χ1n) is 8.96. The maximum atomic E-state index is 13.8. The standard InChI is InChI=1S/C20H20ClF2N3O2/c21-16-3-1-4-17(23)19(16)20(28)24-13-18(27)26-10-2-9-25(11-12-26)15-7-5-14(22)6-8-15/h1,3-8H,2,9-13H2,(H,24,28). The zero-order chi connectivity index (χ0) is 20.1. The van der Waals surface area contributed by atoms with Crippen molar-refractivity contribution < 1.29 is 18.4 Å². The molecule has 8 heteroatoms. The van der Waals surface area contributed by atoms with Gasteiger partial charge in [-0.2, -0.15) is 0 Å². The summed E-state index contributed by atoms with van der Waals surface area (Å²) in [6, 6.07) is 10.2. The third-order valence-electron chi connectivity index (χ3n) is 4.63. The van der Waals surface area contributed by atoms with Crippen LogP contribution < -0.4 is 10.2 Å². The van der Waals surface area contributed by atoms with Crippen LogP contribution in [0.5, 0.6) is 0 Å². The molecule has 3 rings (SSSR count). The number of anilines is 1. The van der Waals surface area contributed by atoms with E-state index in [0.717, 1.165) is 24.7 Å². The van der Waals surface area contributed by atoms with E-state index in [4.69, 9.17) is 11.6 Å². The Morgan fingerprint density at radius 3 is 2.46 bits per heavy atom. The second kappa shape index (κ2) is 9.01. The number of hydrogen-bond acceptors (Lipinski definition) is 3. The molecule has 2 aromatic rings. The quantitative estimate of drug-likeness (QED) is 0.847. The number of nitrogens with zero attached hydrogens (tertiary/aromatic N) is 2. The molecular formula is C20H20ClF2N3O2. The van der Waals surface area contributed by atoms with Gasteiger partial charge < -0.3 is 15.1 Å². The SMILES string of the molecule is O=C(NCC(=O)N1CCCN(c2ccc(F)cc2)CC1)c1c(F)cccc1Cl. The van der Waals surface area contributed by atoms with Crippen molar-refractivity contribution in [3.63, 3.8) is 0 Å². The molecule has 1 aliphatic heterocycles. The third-order valence-corrected chi connectivity index (χ3v) is 4.95. The number of amides is 2. The Bertz CT molecular complexity index is 841. The summed E-state index contributed by atoms with van der Waals surface area (Å²) in [5.74, 6) is -2.00.